The predicted molar refractivity (Wildman–Crippen MR) is 89.7 cm³/mol. The van der Waals surface area contributed by atoms with Crippen LogP contribution in [0.15, 0.2) is 30.5 Å². The van der Waals surface area contributed by atoms with Crippen LogP contribution in [-0.4, -0.2) is 10.1 Å². The summed E-state index contributed by atoms with van der Waals surface area (Å²) in [6, 6.07) is 8.76. The van der Waals surface area contributed by atoms with E-state index in [1.54, 1.807) is 24.4 Å². The molecule has 0 amide bonds. The van der Waals surface area contributed by atoms with Crippen molar-refractivity contribution in [2.24, 2.45) is 0 Å². The van der Waals surface area contributed by atoms with Crippen LogP contribution in [0.5, 0.6) is 5.75 Å². The quantitative estimate of drug-likeness (QED) is 0.634. The van der Waals surface area contributed by atoms with Crippen LogP contribution >= 0.6 is 34.8 Å². The molecule has 1 heterocycles. The Morgan fingerprint density at radius 1 is 1.14 bits per heavy atom. The van der Waals surface area contributed by atoms with Crippen LogP contribution in [0, 0.1) is 11.3 Å². The number of H-pyrrole nitrogens is 1. The van der Waals surface area contributed by atoms with E-state index in [-0.39, 0.29) is 12.2 Å². The maximum Gasteiger partial charge on any atom is 0.133 e. The van der Waals surface area contributed by atoms with E-state index in [1.807, 2.05) is 6.07 Å². The summed E-state index contributed by atoms with van der Waals surface area (Å²) < 4.78 is 0. The van der Waals surface area contributed by atoms with Gasteiger partial charge in [-0.1, -0.05) is 34.8 Å². The molecule has 0 aliphatic heterocycles. The van der Waals surface area contributed by atoms with Gasteiger partial charge in [-0.15, -0.1) is 0 Å². The fourth-order valence-electron chi connectivity index (χ4n) is 2.50. The Morgan fingerprint density at radius 3 is 2.45 bits per heavy atom. The van der Waals surface area contributed by atoms with Gasteiger partial charge in [0.05, 0.1) is 22.5 Å². The second-order valence-electron chi connectivity index (χ2n) is 4.78. The smallest absolute Gasteiger partial charge is 0.133 e. The molecule has 0 spiro atoms. The molecule has 1 aromatic heterocycles. The van der Waals surface area contributed by atoms with Gasteiger partial charge in [0.15, 0.2) is 0 Å². The average Bonchev–Trinajstić information content (AvgIpc) is 2.85. The molecule has 0 aliphatic carbocycles. The van der Waals surface area contributed by atoms with Gasteiger partial charge in [-0.25, -0.2) is 0 Å². The Kier molecular flexibility index (Phi) is 3.92. The highest BCUT2D eigenvalue weighted by molar-refractivity contribution is 6.42. The van der Waals surface area contributed by atoms with Gasteiger partial charge in [0.2, 0.25) is 0 Å². The fraction of sp³-hybridized carbons (Fsp3) is 0.0625. The lowest BCUT2D eigenvalue weighted by atomic mass is 10.00. The summed E-state index contributed by atoms with van der Waals surface area (Å²) >= 11 is 18.4. The van der Waals surface area contributed by atoms with Crippen LogP contribution in [0.4, 0.5) is 0 Å². The lowest BCUT2D eigenvalue weighted by Crippen LogP contribution is -1.86. The first-order chi connectivity index (χ1) is 10.5. The molecule has 0 saturated carbocycles. The first-order valence-electron chi connectivity index (χ1n) is 6.36. The minimum absolute atomic E-state index is 0.0372. The molecule has 2 aromatic carbocycles. The highest BCUT2D eigenvalue weighted by atomic mass is 35.5. The second-order valence-corrected chi connectivity index (χ2v) is 6.03. The predicted octanol–water partition coefficient (Wildman–Crippen LogP) is 5.57. The number of nitrogens with one attached hydrogen (secondary N) is 1. The van der Waals surface area contributed by atoms with E-state index < -0.39 is 0 Å². The van der Waals surface area contributed by atoms with Crippen LogP contribution in [0.1, 0.15) is 5.56 Å². The third-order valence-corrected chi connectivity index (χ3v) is 4.26. The number of aromatic hydroxyl groups is 1. The van der Waals surface area contributed by atoms with Crippen molar-refractivity contribution in [3.05, 3.63) is 51.1 Å². The Morgan fingerprint density at radius 2 is 1.82 bits per heavy atom. The molecule has 0 radical (unpaired) electrons. The van der Waals surface area contributed by atoms with Crippen molar-refractivity contribution in [1.82, 2.24) is 4.98 Å². The zero-order chi connectivity index (χ0) is 15.9. The van der Waals surface area contributed by atoms with Crippen LogP contribution in [0.25, 0.3) is 22.0 Å². The summed E-state index contributed by atoms with van der Waals surface area (Å²) in [5, 5.41) is 21.3. The number of nitrogens with zero attached hydrogens (tertiary/aromatic N) is 1. The molecule has 22 heavy (non-hydrogen) atoms. The number of fused-ring (bicyclic) bond motifs is 1. The van der Waals surface area contributed by atoms with E-state index in [9.17, 15) is 5.11 Å². The Hall–Kier alpha value is -1.86. The number of halogens is 3. The number of aromatic amines is 1. The van der Waals surface area contributed by atoms with Crippen molar-refractivity contribution >= 4 is 45.7 Å². The number of nitriles is 1. The van der Waals surface area contributed by atoms with Gasteiger partial charge in [0, 0.05) is 33.2 Å². The number of rotatable bonds is 2. The third-order valence-electron chi connectivity index (χ3n) is 3.45. The summed E-state index contributed by atoms with van der Waals surface area (Å²) in [6.45, 7) is 0. The van der Waals surface area contributed by atoms with E-state index in [2.05, 4.69) is 11.1 Å². The lowest BCUT2D eigenvalue weighted by molar-refractivity contribution is 0.483. The molecule has 3 rings (SSSR count). The maximum atomic E-state index is 10.6. The minimum Gasteiger partial charge on any atom is -0.507 e. The molecule has 3 aromatic rings. The summed E-state index contributed by atoms with van der Waals surface area (Å²) in [4.78, 5) is 3.03. The molecule has 0 aliphatic rings. The maximum absolute atomic E-state index is 10.6. The van der Waals surface area contributed by atoms with E-state index in [0.717, 1.165) is 11.1 Å². The van der Waals surface area contributed by atoms with E-state index in [1.165, 1.54) is 0 Å². The van der Waals surface area contributed by atoms with Gasteiger partial charge in [0.25, 0.3) is 0 Å². The molecule has 0 fully saturated rings. The fourth-order valence-corrected chi connectivity index (χ4v) is 3.52. The number of hydrogen-bond acceptors (Lipinski definition) is 2. The number of benzene rings is 2. The highest BCUT2D eigenvalue weighted by Crippen LogP contribution is 2.44. The molecule has 0 bridgehead atoms. The zero-order valence-electron chi connectivity index (χ0n) is 11.1. The molecular weight excluding hydrogens is 343 g/mol. The SMILES string of the molecule is N#CCc1c[nH]c2ccc(-c3c(Cl)cc(Cl)cc3Cl)c(O)c12. The van der Waals surface area contributed by atoms with Crippen molar-refractivity contribution in [1.29, 1.82) is 5.26 Å². The minimum atomic E-state index is 0.0372. The molecular formula is C16H9Cl3N2O. The van der Waals surface area contributed by atoms with Gasteiger partial charge in [-0.05, 0) is 29.8 Å². The standard InChI is InChI=1S/C16H9Cl3N2O/c17-9-5-11(18)15(12(19)6-9)10-1-2-13-14(16(10)22)8(3-4-20)7-21-13/h1-2,5-7,21-22H,3H2. The number of aromatic nitrogens is 1. The van der Waals surface area contributed by atoms with Gasteiger partial charge in [-0.2, -0.15) is 5.26 Å². The van der Waals surface area contributed by atoms with Crippen molar-refractivity contribution in [2.75, 3.05) is 0 Å². The second kappa shape index (κ2) is 5.73. The van der Waals surface area contributed by atoms with Crippen LogP contribution in [0.2, 0.25) is 15.1 Å². The van der Waals surface area contributed by atoms with Gasteiger partial charge in [0.1, 0.15) is 5.75 Å². The average molecular weight is 352 g/mol. The van der Waals surface area contributed by atoms with Crippen molar-refractivity contribution in [3.8, 4) is 22.9 Å². The van der Waals surface area contributed by atoms with Gasteiger partial charge in [-0.3, -0.25) is 0 Å². The van der Waals surface area contributed by atoms with Crippen molar-refractivity contribution in [3.63, 3.8) is 0 Å². The van der Waals surface area contributed by atoms with Crippen molar-refractivity contribution < 1.29 is 5.11 Å². The van der Waals surface area contributed by atoms with Crippen LogP contribution < -0.4 is 0 Å². The topological polar surface area (TPSA) is 59.8 Å². The highest BCUT2D eigenvalue weighted by Gasteiger charge is 2.18. The lowest BCUT2D eigenvalue weighted by Gasteiger charge is -2.11. The van der Waals surface area contributed by atoms with Crippen molar-refractivity contribution in [2.45, 2.75) is 6.42 Å². The normalized spacial score (nSPS) is 10.8. The number of hydrogen-bond donors (Lipinski definition) is 2. The summed E-state index contributed by atoms with van der Waals surface area (Å²) in [7, 11) is 0. The summed E-state index contributed by atoms with van der Waals surface area (Å²) in [5.74, 6) is 0.0372. The molecule has 0 atom stereocenters. The van der Waals surface area contributed by atoms with Crippen LogP contribution in [-0.2, 0) is 6.42 Å². The zero-order valence-corrected chi connectivity index (χ0v) is 13.4. The van der Waals surface area contributed by atoms with E-state index >= 15 is 0 Å². The first kappa shape index (κ1) is 15.1. The van der Waals surface area contributed by atoms with Gasteiger partial charge < -0.3 is 10.1 Å². The molecule has 0 unspecified atom stereocenters. The van der Waals surface area contributed by atoms with Gasteiger partial charge >= 0.3 is 0 Å². The molecule has 110 valence electrons. The van der Waals surface area contributed by atoms with E-state index in [0.29, 0.717) is 31.6 Å². The molecule has 3 nitrogen and oxygen atoms in total. The van der Waals surface area contributed by atoms with Crippen LogP contribution in [0.3, 0.4) is 0 Å². The number of phenols is 1. The monoisotopic (exact) mass is 350 g/mol. The Balaban J connectivity index is 2.31. The largest absolute Gasteiger partial charge is 0.507 e. The Labute approximate surface area is 141 Å². The molecule has 6 heteroatoms. The number of phenolic OH excluding ortho intramolecular Hbond substituents is 1. The molecule has 2 N–H and O–H groups in total. The van der Waals surface area contributed by atoms with E-state index in [4.69, 9.17) is 40.1 Å². The third kappa shape index (κ3) is 2.40. The summed E-state index contributed by atoms with van der Waals surface area (Å²) in [5.41, 5.74) is 2.47. The first-order valence-corrected chi connectivity index (χ1v) is 7.50. The Bertz CT molecular complexity index is 902. The molecule has 0 saturated heterocycles. The summed E-state index contributed by atoms with van der Waals surface area (Å²) in [6.07, 6.45) is 1.90.